The van der Waals surface area contributed by atoms with Crippen molar-refractivity contribution >= 4 is 51.7 Å². The number of carbonyl (C=O) groups excluding carboxylic acids is 1. The fourth-order valence-electron chi connectivity index (χ4n) is 6.71. The molecule has 4 aromatic rings. The van der Waals surface area contributed by atoms with E-state index in [9.17, 15) is 9.90 Å². The molecule has 240 valence electrons. The van der Waals surface area contributed by atoms with Crippen LogP contribution in [-0.4, -0.2) is 68.3 Å². The Balaban J connectivity index is 1.24. The lowest BCUT2D eigenvalue weighted by molar-refractivity contribution is -0.117. The largest absolute Gasteiger partial charge is 0.390 e. The fourth-order valence-corrected chi connectivity index (χ4v) is 7.11. The Labute approximate surface area is 272 Å². The number of hydrogen-bond donors (Lipinski definition) is 3. The number of rotatable bonds is 6. The van der Waals surface area contributed by atoms with Gasteiger partial charge < -0.3 is 25.0 Å². The van der Waals surface area contributed by atoms with Crippen LogP contribution in [0.5, 0.6) is 0 Å². The van der Waals surface area contributed by atoms with Crippen LogP contribution in [0.2, 0.25) is 5.02 Å². The maximum absolute atomic E-state index is 12.5. The summed E-state index contributed by atoms with van der Waals surface area (Å²) in [4.78, 5) is 30.5. The molecule has 12 nitrogen and oxygen atoms in total. The minimum Gasteiger partial charge on any atom is -0.390 e. The Morgan fingerprint density at radius 2 is 2.02 bits per heavy atom. The number of amides is 1. The van der Waals surface area contributed by atoms with Gasteiger partial charge in [-0.25, -0.2) is 14.6 Å². The zero-order chi connectivity index (χ0) is 32.2. The first-order valence-electron chi connectivity index (χ1n) is 15.8. The van der Waals surface area contributed by atoms with E-state index in [-0.39, 0.29) is 24.2 Å². The predicted octanol–water partition coefficient (Wildman–Crippen LogP) is 5.26. The first kappa shape index (κ1) is 30.5. The molecular formula is C33H38ClN9O3. The van der Waals surface area contributed by atoms with E-state index in [1.165, 1.54) is 0 Å². The smallest absolute Gasteiger partial charge is 0.231 e. The van der Waals surface area contributed by atoms with Gasteiger partial charge in [0.25, 0.3) is 0 Å². The number of fused-ring (bicyclic) bond motifs is 2. The van der Waals surface area contributed by atoms with Gasteiger partial charge in [-0.05, 0) is 56.2 Å². The maximum atomic E-state index is 12.5. The number of likely N-dealkylation sites (N-methyl/N-ethyl adjacent to an activating group) is 1. The van der Waals surface area contributed by atoms with Gasteiger partial charge in [-0.1, -0.05) is 30.7 Å². The molecule has 1 unspecified atom stereocenters. The van der Waals surface area contributed by atoms with Crippen molar-refractivity contribution in [2.45, 2.75) is 65.2 Å². The number of hydrogen-bond acceptors (Lipinski definition) is 9. The lowest BCUT2D eigenvalue weighted by Gasteiger charge is -2.40. The SMILES string of the molecule is Cc1cncc(NC(=N)C2(C)CCN(c3nc4c(nc3CO)c(-c3ccc5c(c3Cl)N(C)C(=O)C5)nn4C3CCCCO3)CC2)c1. The van der Waals surface area contributed by atoms with E-state index in [1.54, 1.807) is 24.3 Å². The van der Waals surface area contributed by atoms with Gasteiger partial charge in [0.2, 0.25) is 5.91 Å². The number of pyridine rings is 1. The molecule has 6 heterocycles. The summed E-state index contributed by atoms with van der Waals surface area (Å²) in [5.74, 6) is 1.05. The van der Waals surface area contributed by atoms with Crippen LogP contribution in [-0.2, 0) is 22.6 Å². The maximum Gasteiger partial charge on any atom is 0.231 e. The average Bonchev–Trinajstić information content (AvgIpc) is 3.57. The van der Waals surface area contributed by atoms with Gasteiger partial charge in [0, 0.05) is 43.9 Å². The number of amidine groups is 1. The number of anilines is 3. The van der Waals surface area contributed by atoms with Crippen molar-refractivity contribution in [3.05, 3.63) is 52.4 Å². The van der Waals surface area contributed by atoms with E-state index < -0.39 is 0 Å². The summed E-state index contributed by atoms with van der Waals surface area (Å²) < 4.78 is 7.97. The molecule has 1 aromatic carbocycles. The fraction of sp³-hybridized carbons (Fsp3) is 0.455. The predicted molar refractivity (Wildman–Crippen MR) is 178 cm³/mol. The standard InChI is InChI=1S/C33H38ClN9O3/c1-19-14-21(17-36-16-19)37-32(35)33(2)9-11-42(12-10-33)30-23(18-44)38-28-27(40-43(31(28)39-30)25-6-4-5-13-46-25)22-8-7-20-15-24(45)41(3)29(20)26(22)34/h7-8,14,16-17,25,44H,4-6,9-13,15,18H2,1-3H3,(H2,35,37). The molecule has 3 aliphatic rings. The molecule has 0 aliphatic carbocycles. The first-order valence-corrected chi connectivity index (χ1v) is 16.2. The molecule has 1 amide bonds. The van der Waals surface area contributed by atoms with Crippen LogP contribution < -0.4 is 15.1 Å². The third-order valence-electron chi connectivity index (χ3n) is 9.58. The van der Waals surface area contributed by atoms with Gasteiger partial charge in [-0.15, -0.1) is 0 Å². The van der Waals surface area contributed by atoms with E-state index in [0.29, 0.717) is 76.6 Å². The topological polar surface area (TPSA) is 145 Å². The highest BCUT2D eigenvalue weighted by Crippen LogP contribution is 2.44. The second-order valence-electron chi connectivity index (χ2n) is 12.8. The monoisotopic (exact) mass is 643 g/mol. The van der Waals surface area contributed by atoms with Crippen molar-refractivity contribution in [1.29, 1.82) is 5.41 Å². The molecule has 0 bridgehead atoms. The van der Waals surface area contributed by atoms with Gasteiger partial charge >= 0.3 is 0 Å². The number of ether oxygens (including phenoxy) is 1. The highest BCUT2D eigenvalue weighted by molar-refractivity contribution is 6.37. The molecule has 3 aliphatic heterocycles. The Morgan fingerprint density at radius 3 is 2.74 bits per heavy atom. The van der Waals surface area contributed by atoms with Crippen LogP contribution in [0.4, 0.5) is 17.2 Å². The number of piperidine rings is 1. The van der Waals surface area contributed by atoms with E-state index in [0.717, 1.165) is 48.9 Å². The second-order valence-corrected chi connectivity index (χ2v) is 13.2. The normalized spacial score (nSPS) is 19.5. The van der Waals surface area contributed by atoms with Crippen LogP contribution in [0.1, 0.15) is 62.1 Å². The zero-order valence-electron chi connectivity index (χ0n) is 26.3. The highest BCUT2D eigenvalue weighted by Gasteiger charge is 2.37. The van der Waals surface area contributed by atoms with E-state index in [4.69, 9.17) is 36.8 Å². The van der Waals surface area contributed by atoms with E-state index in [1.807, 2.05) is 29.8 Å². The zero-order valence-corrected chi connectivity index (χ0v) is 27.1. The third-order valence-corrected chi connectivity index (χ3v) is 9.96. The summed E-state index contributed by atoms with van der Waals surface area (Å²) in [6.07, 6.45) is 7.75. The van der Waals surface area contributed by atoms with Gasteiger partial charge in [-0.3, -0.25) is 15.2 Å². The van der Waals surface area contributed by atoms with E-state index in [2.05, 4.69) is 22.1 Å². The third kappa shape index (κ3) is 5.27. The molecule has 0 radical (unpaired) electrons. The number of aryl methyl sites for hydroxylation is 1. The summed E-state index contributed by atoms with van der Waals surface area (Å²) in [5.41, 5.74) is 5.76. The van der Waals surface area contributed by atoms with Gasteiger partial charge in [0.15, 0.2) is 17.7 Å². The van der Waals surface area contributed by atoms with E-state index >= 15 is 0 Å². The lowest BCUT2D eigenvalue weighted by Crippen LogP contribution is -2.45. The number of aromatic nitrogens is 5. The summed E-state index contributed by atoms with van der Waals surface area (Å²) in [5, 5.41) is 28.1. The summed E-state index contributed by atoms with van der Waals surface area (Å²) in [7, 11) is 1.73. The molecule has 13 heteroatoms. The summed E-state index contributed by atoms with van der Waals surface area (Å²) in [6, 6.07) is 5.79. The Morgan fingerprint density at radius 1 is 1.22 bits per heavy atom. The van der Waals surface area contributed by atoms with Crippen LogP contribution >= 0.6 is 11.6 Å². The molecule has 2 saturated heterocycles. The molecule has 0 saturated carbocycles. The molecule has 1 atom stereocenters. The average molecular weight is 644 g/mol. The molecule has 2 fully saturated rings. The second kappa shape index (κ2) is 11.9. The quantitative estimate of drug-likeness (QED) is 0.189. The van der Waals surface area contributed by atoms with Crippen molar-refractivity contribution in [3.63, 3.8) is 0 Å². The van der Waals surface area contributed by atoms with Crippen LogP contribution in [0.3, 0.4) is 0 Å². The Hall–Kier alpha value is -4.13. The van der Waals surface area contributed by atoms with Crippen molar-refractivity contribution in [3.8, 4) is 11.3 Å². The molecular weight excluding hydrogens is 606 g/mol. The Kier molecular flexibility index (Phi) is 7.90. The minimum atomic E-state index is -0.360. The lowest BCUT2D eigenvalue weighted by atomic mass is 9.79. The number of halogens is 1. The number of benzene rings is 1. The van der Waals surface area contributed by atoms with Crippen molar-refractivity contribution in [2.24, 2.45) is 5.41 Å². The number of aliphatic hydroxyl groups excluding tert-OH is 1. The summed E-state index contributed by atoms with van der Waals surface area (Å²) >= 11 is 6.98. The molecule has 3 N–H and O–H groups in total. The van der Waals surface area contributed by atoms with Crippen molar-refractivity contribution in [2.75, 3.05) is 41.9 Å². The number of aliphatic hydroxyl groups is 1. The minimum absolute atomic E-state index is 0.0113. The molecule has 46 heavy (non-hydrogen) atoms. The van der Waals surface area contributed by atoms with Gasteiger partial charge in [-0.2, -0.15) is 5.10 Å². The number of carbonyl (C=O) groups is 1. The first-order chi connectivity index (χ1) is 22.2. The van der Waals surface area contributed by atoms with Crippen LogP contribution in [0.15, 0.2) is 30.6 Å². The molecule has 7 rings (SSSR count). The molecule has 3 aromatic heterocycles. The Bertz CT molecular complexity index is 1840. The van der Waals surface area contributed by atoms with Crippen molar-refractivity contribution < 1.29 is 14.6 Å². The van der Waals surface area contributed by atoms with Crippen LogP contribution in [0, 0.1) is 17.7 Å². The van der Waals surface area contributed by atoms with Gasteiger partial charge in [0.05, 0.1) is 35.6 Å². The van der Waals surface area contributed by atoms with Gasteiger partial charge in [0.1, 0.15) is 22.7 Å². The number of nitrogens with one attached hydrogen (secondary N) is 2. The van der Waals surface area contributed by atoms with Crippen LogP contribution in [0.25, 0.3) is 22.4 Å². The number of nitrogens with zero attached hydrogens (tertiary/aromatic N) is 7. The van der Waals surface area contributed by atoms with Crippen molar-refractivity contribution in [1.82, 2.24) is 24.7 Å². The molecule has 0 spiro atoms. The highest BCUT2D eigenvalue weighted by atomic mass is 35.5. The summed E-state index contributed by atoms with van der Waals surface area (Å²) in [6.45, 7) is 5.69.